The van der Waals surface area contributed by atoms with Crippen molar-refractivity contribution >= 4 is 5.91 Å². The van der Waals surface area contributed by atoms with Crippen LogP contribution in [-0.2, 0) is 4.79 Å². The molecule has 0 aromatic heterocycles. The molecule has 1 amide bonds. The topological polar surface area (TPSA) is 43.8 Å². The highest BCUT2D eigenvalue weighted by molar-refractivity contribution is 5.82. The second-order valence-corrected chi connectivity index (χ2v) is 7.20. The normalized spacial score (nSPS) is 35.3. The summed E-state index contributed by atoms with van der Waals surface area (Å²) >= 11 is 0. The Balaban J connectivity index is 1.47. The highest BCUT2D eigenvalue weighted by Crippen LogP contribution is 2.58. The van der Waals surface area contributed by atoms with Gasteiger partial charge in [0.2, 0.25) is 5.91 Å². The predicted molar refractivity (Wildman–Crippen MR) is 73.6 cm³/mol. The van der Waals surface area contributed by atoms with E-state index >= 15 is 0 Å². The zero-order valence-corrected chi connectivity index (χ0v) is 12.1. The third-order valence-electron chi connectivity index (χ3n) is 4.99. The third-order valence-corrected chi connectivity index (χ3v) is 4.99. The minimum atomic E-state index is -0.639. The zero-order valence-electron chi connectivity index (χ0n) is 12.1. The molecule has 0 aromatic rings. The van der Waals surface area contributed by atoms with Gasteiger partial charge in [-0.05, 0) is 38.5 Å². The van der Waals surface area contributed by atoms with Crippen molar-refractivity contribution in [2.45, 2.75) is 38.7 Å². The molecular formula is C15H26N2O2. The number of aliphatic hydroxyl groups is 1. The summed E-state index contributed by atoms with van der Waals surface area (Å²) in [5, 5.41) is 9.83. The SMILES string of the molecule is CC(C)(O)CN1CCN(C(=O)C2C3CCCC32)CC1. The average molecular weight is 266 g/mol. The Hall–Kier alpha value is -0.610. The number of rotatable bonds is 3. The second-order valence-electron chi connectivity index (χ2n) is 7.20. The van der Waals surface area contributed by atoms with Crippen molar-refractivity contribution in [1.29, 1.82) is 0 Å². The molecule has 19 heavy (non-hydrogen) atoms. The Kier molecular flexibility index (Phi) is 3.34. The van der Waals surface area contributed by atoms with Crippen LogP contribution in [0.2, 0.25) is 0 Å². The van der Waals surface area contributed by atoms with Gasteiger partial charge in [0.05, 0.1) is 5.60 Å². The maximum Gasteiger partial charge on any atom is 0.226 e. The lowest BCUT2D eigenvalue weighted by molar-refractivity contribution is -0.135. The summed E-state index contributed by atoms with van der Waals surface area (Å²) in [7, 11) is 0. The van der Waals surface area contributed by atoms with Gasteiger partial charge < -0.3 is 10.0 Å². The zero-order chi connectivity index (χ0) is 13.6. The predicted octanol–water partition coefficient (Wildman–Crippen LogP) is 0.948. The first-order valence-electron chi connectivity index (χ1n) is 7.69. The summed E-state index contributed by atoms with van der Waals surface area (Å²) in [6, 6.07) is 0. The molecule has 4 heteroatoms. The molecule has 3 aliphatic rings. The Morgan fingerprint density at radius 2 is 1.74 bits per heavy atom. The molecule has 4 nitrogen and oxygen atoms in total. The molecule has 1 saturated heterocycles. The first-order chi connectivity index (χ1) is 8.96. The van der Waals surface area contributed by atoms with Crippen LogP contribution in [0.5, 0.6) is 0 Å². The number of β-amino-alcohol motifs (C(OH)–C–C–N with tert-alkyl or cyclic N) is 1. The number of nitrogens with zero attached hydrogens (tertiary/aromatic N) is 2. The highest BCUT2D eigenvalue weighted by Gasteiger charge is 2.57. The summed E-state index contributed by atoms with van der Waals surface area (Å²) in [6.07, 6.45) is 3.89. The van der Waals surface area contributed by atoms with Crippen molar-refractivity contribution < 1.29 is 9.90 Å². The van der Waals surface area contributed by atoms with E-state index in [1.54, 1.807) is 0 Å². The van der Waals surface area contributed by atoms with Crippen LogP contribution in [0.1, 0.15) is 33.1 Å². The van der Waals surface area contributed by atoms with Crippen molar-refractivity contribution in [3.63, 3.8) is 0 Å². The van der Waals surface area contributed by atoms with Crippen molar-refractivity contribution in [2.75, 3.05) is 32.7 Å². The summed E-state index contributed by atoms with van der Waals surface area (Å²) in [4.78, 5) is 16.7. The van der Waals surface area contributed by atoms with Gasteiger partial charge in [0.1, 0.15) is 0 Å². The van der Waals surface area contributed by atoms with Crippen LogP contribution in [0.25, 0.3) is 0 Å². The molecule has 1 heterocycles. The molecule has 2 aliphatic carbocycles. The maximum absolute atomic E-state index is 12.4. The largest absolute Gasteiger partial charge is 0.389 e. The quantitative estimate of drug-likeness (QED) is 0.827. The van der Waals surface area contributed by atoms with Crippen LogP contribution in [0.15, 0.2) is 0 Å². The summed E-state index contributed by atoms with van der Waals surface area (Å²) in [5.74, 6) is 2.23. The highest BCUT2D eigenvalue weighted by atomic mass is 16.3. The lowest BCUT2D eigenvalue weighted by Gasteiger charge is -2.37. The van der Waals surface area contributed by atoms with E-state index in [-0.39, 0.29) is 0 Å². The molecule has 108 valence electrons. The fourth-order valence-corrected chi connectivity index (χ4v) is 4.07. The molecule has 3 rings (SSSR count). The van der Waals surface area contributed by atoms with Crippen LogP contribution in [0.4, 0.5) is 0 Å². The average Bonchev–Trinajstić information content (AvgIpc) is 2.80. The number of amides is 1. The first kappa shape index (κ1) is 13.4. The van der Waals surface area contributed by atoms with E-state index in [1.165, 1.54) is 19.3 Å². The van der Waals surface area contributed by atoms with Gasteiger partial charge in [-0.15, -0.1) is 0 Å². The molecule has 0 spiro atoms. The molecule has 2 unspecified atom stereocenters. The first-order valence-corrected chi connectivity index (χ1v) is 7.69. The van der Waals surface area contributed by atoms with E-state index in [1.807, 2.05) is 13.8 Å². The van der Waals surface area contributed by atoms with Gasteiger partial charge in [-0.25, -0.2) is 0 Å². The minimum Gasteiger partial charge on any atom is -0.389 e. The number of carbonyl (C=O) groups is 1. The van der Waals surface area contributed by atoms with Gasteiger partial charge in [0, 0.05) is 38.6 Å². The Bertz CT molecular complexity index is 346. The summed E-state index contributed by atoms with van der Waals surface area (Å²) in [6.45, 7) is 7.86. The molecule has 0 aromatic carbocycles. The van der Waals surface area contributed by atoms with Gasteiger partial charge in [-0.3, -0.25) is 9.69 Å². The van der Waals surface area contributed by atoms with E-state index in [9.17, 15) is 9.90 Å². The van der Waals surface area contributed by atoms with Gasteiger partial charge in [0.25, 0.3) is 0 Å². The van der Waals surface area contributed by atoms with Crippen LogP contribution in [0.3, 0.4) is 0 Å². The van der Waals surface area contributed by atoms with Crippen molar-refractivity contribution in [3.8, 4) is 0 Å². The van der Waals surface area contributed by atoms with E-state index in [2.05, 4.69) is 9.80 Å². The molecule has 0 bridgehead atoms. The number of fused-ring (bicyclic) bond motifs is 1. The standard InChI is InChI=1S/C15H26N2O2/c1-15(2,19)10-16-6-8-17(9-7-16)14(18)13-11-4-3-5-12(11)13/h11-13,19H,3-10H2,1-2H3. The van der Waals surface area contributed by atoms with E-state index < -0.39 is 5.60 Å². The number of hydrogen-bond acceptors (Lipinski definition) is 3. The monoisotopic (exact) mass is 266 g/mol. The van der Waals surface area contributed by atoms with Gasteiger partial charge in [-0.1, -0.05) is 6.42 Å². The lowest BCUT2D eigenvalue weighted by atomic mass is 10.1. The van der Waals surface area contributed by atoms with E-state index in [0.29, 0.717) is 18.4 Å². The Morgan fingerprint density at radius 3 is 2.26 bits per heavy atom. The number of piperazine rings is 1. The number of hydrogen-bond donors (Lipinski definition) is 1. The molecule has 3 fully saturated rings. The van der Waals surface area contributed by atoms with Crippen LogP contribution < -0.4 is 0 Å². The van der Waals surface area contributed by atoms with Crippen molar-refractivity contribution in [2.24, 2.45) is 17.8 Å². The Labute approximate surface area is 115 Å². The fraction of sp³-hybridized carbons (Fsp3) is 0.933. The molecule has 0 radical (unpaired) electrons. The maximum atomic E-state index is 12.4. The molecule has 2 atom stereocenters. The van der Waals surface area contributed by atoms with Crippen molar-refractivity contribution in [3.05, 3.63) is 0 Å². The smallest absolute Gasteiger partial charge is 0.226 e. The molecule has 1 aliphatic heterocycles. The Morgan fingerprint density at radius 1 is 1.16 bits per heavy atom. The fourth-order valence-electron chi connectivity index (χ4n) is 4.07. The van der Waals surface area contributed by atoms with Crippen molar-refractivity contribution in [1.82, 2.24) is 9.80 Å². The van der Waals surface area contributed by atoms with Crippen LogP contribution in [0, 0.1) is 17.8 Å². The van der Waals surface area contributed by atoms with Gasteiger partial charge in [-0.2, -0.15) is 0 Å². The van der Waals surface area contributed by atoms with E-state index in [0.717, 1.165) is 38.0 Å². The minimum absolute atomic E-state index is 0.370. The van der Waals surface area contributed by atoms with E-state index in [4.69, 9.17) is 0 Å². The third kappa shape index (κ3) is 2.79. The molecule has 1 N–H and O–H groups in total. The lowest BCUT2D eigenvalue weighted by Crippen LogP contribution is -2.52. The summed E-state index contributed by atoms with van der Waals surface area (Å²) < 4.78 is 0. The summed E-state index contributed by atoms with van der Waals surface area (Å²) in [5.41, 5.74) is -0.639. The van der Waals surface area contributed by atoms with Gasteiger partial charge in [0.15, 0.2) is 0 Å². The molecule has 2 saturated carbocycles. The van der Waals surface area contributed by atoms with Gasteiger partial charge >= 0.3 is 0 Å². The van der Waals surface area contributed by atoms with Crippen LogP contribution >= 0.6 is 0 Å². The molecular weight excluding hydrogens is 240 g/mol. The number of carbonyl (C=O) groups excluding carboxylic acids is 1. The van der Waals surface area contributed by atoms with Crippen LogP contribution in [-0.4, -0.2) is 59.1 Å². The second kappa shape index (κ2) is 4.74.